The zero-order chi connectivity index (χ0) is 33.2. The van der Waals surface area contributed by atoms with Gasteiger partial charge in [0.25, 0.3) is 11.8 Å². The van der Waals surface area contributed by atoms with Gasteiger partial charge in [0.2, 0.25) is 5.91 Å². The SMILES string of the molecule is CCOc1ccc(/C=C(\NC(=O)c2ccccc2)C(=O)Nc2ccc(SCC(=O)Nc3nc(-c4ccc(C)cc4)c(C)s3)cc2)cc1. The van der Waals surface area contributed by atoms with Crippen LogP contribution in [-0.4, -0.2) is 35.1 Å². The Morgan fingerprint density at radius 3 is 2.23 bits per heavy atom. The molecule has 1 heterocycles. The van der Waals surface area contributed by atoms with Crippen molar-refractivity contribution in [2.24, 2.45) is 0 Å². The van der Waals surface area contributed by atoms with Gasteiger partial charge in [-0.3, -0.25) is 14.4 Å². The number of carbonyl (C=O) groups is 3. The molecule has 0 unspecified atom stereocenters. The molecule has 0 atom stereocenters. The highest BCUT2D eigenvalue weighted by atomic mass is 32.2. The van der Waals surface area contributed by atoms with Crippen molar-refractivity contribution < 1.29 is 19.1 Å². The van der Waals surface area contributed by atoms with Crippen LogP contribution in [0.2, 0.25) is 0 Å². The van der Waals surface area contributed by atoms with Crippen molar-refractivity contribution in [2.45, 2.75) is 25.7 Å². The number of anilines is 2. The maximum Gasteiger partial charge on any atom is 0.272 e. The number of ether oxygens (including phenoxy) is 1. The number of amides is 3. The van der Waals surface area contributed by atoms with Crippen LogP contribution in [0.3, 0.4) is 0 Å². The van der Waals surface area contributed by atoms with Crippen LogP contribution in [0.5, 0.6) is 5.75 Å². The average Bonchev–Trinajstić information content (AvgIpc) is 3.45. The van der Waals surface area contributed by atoms with Gasteiger partial charge in [-0.2, -0.15) is 0 Å². The van der Waals surface area contributed by atoms with E-state index in [-0.39, 0.29) is 17.4 Å². The molecule has 4 aromatic carbocycles. The Balaban J connectivity index is 1.20. The monoisotopic (exact) mass is 662 g/mol. The number of hydrogen-bond acceptors (Lipinski definition) is 7. The molecular formula is C37H34N4O4S2. The largest absolute Gasteiger partial charge is 0.494 e. The quantitative estimate of drug-likeness (QED) is 0.0924. The van der Waals surface area contributed by atoms with Crippen molar-refractivity contribution in [2.75, 3.05) is 23.0 Å². The molecule has 1 aromatic heterocycles. The first kappa shape index (κ1) is 33.2. The minimum atomic E-state index is -0.480. The summed E-state index contributed by atoms with van der Waals surface area (Å²) in [7, 11) is 0. The summed E-state index contributed by atoms with van der Waals surface area (Å²) in [4.78, 5) is 45.5. The van der Waals surface area contributed by atoms with E-state index >= 15 is 0 Å². The fraction of sp³-hybridized carbons (Fsp3) is 0.135. The topological polar surface area (TPSA) is 109 Å². The van der Waals surface area contributed by atoms with Crippen molar-refractivity contribution in [1.29, 1.82) is 0 Å². The number of aryl methyl sites for hydroxylation is 2. The van der Waals surface area contributed by atoms with E-state index in [0.717, 1.165) is 26.6 Å². The summed E-state index contributed by atoms with van der Waals surface area (Å²) in [5.74, 6) is -0.126. The molecule has 5 rings (SSSR count). The van der Waals surface area contributed by atoms with E-state index in [2.05, 4.69) is 20.9 Å². The first-order chi connectivity index (χ1) is 22.8. The summed E-state index contributed by atoms with van der Waals surface area (Å²) in [5, 5.41) is 9.07. The number of carbonyl (C=O) groups excluding carboxylic acids is 3. The predicted octanol–water partition coefficient (Wildman–Crippen LogP) is 7.97. The molecule has 8 nitrogen and oxygen atoms in total. The van der Waals surface area contributed by atoms with E-state index < -0.39 is 11.8 Å². The summed E-state index contributed by atoms with van der Waals surface area (Å²) < 4.78 is 5.51. The fourth-order valence-electron chi connectivity index (χ4n) is 4.50. The predicted molar refractivity (Wildman–Crippen MR) is 191 cm³/mol. The second kappa shape index (κ2) is 15.9. The number of aromatic nitrogens is 1. The number of benzene rings is 4. The number of hydrogen-bond donors (Lipinski definition) is 3. The Morgan fingerprint density at radius 2 is 1.55 bits per heavy atom. The molecule has 0 aliphatic heterocycles. The number of thiazole rings is 1. The zero-order valence-corrected chi connectivity index (χ0v) is 27.8. The number of nitrogens with zero attached hydrogens (tertiary/aromatic N) is 1. The number of thioether (sulfide) groups is 1. The van der Waals surface area contributed by atoms with Crippen LogP contribution in [-0.2, 0) is 9.59 Å². The summed E-state index contributed by atoms with van der Waals surface area (Å²) in [6.07, 6.45) is 1.61. The summed E-state index contributed by atoms with van der Waals surface area (Å²) >= 11 is 2.83. The third kappa shape index (κ3) is 9.41. The maximum atomic E-state index is 13.4. The van der Waals surface area contributed by atoms with Crippen LogP contribution in [0.1, 0.15) is 33.3 Å². The van der Waals surface area contributed by atoms with Gasteiger partial charge in [-0.25, -0.2) is 4.98 Å². The lowest BCUT2D eigenvalue weighted by Crippen LogP contribution is -2.30. The second-order valence-electron chi connectivity index (χ2n) is 10.5. The van der Waals surface area contributed by atoms with E-state index in [9.17, 15) is 14.4 Å². The molecule has 0 bridgehead atoms. The Morgan fingerprint density at radius 1 is 0.851 bits per heavy atom. The Bertz CT molecular complexity index is 1870. The van der Waals surface area contributed by atoms with E-state index in [4.69, 9.17) is 4.74 Å². The third-order valence-corrected chi connectivity index (χ3v) is 8.78. The lowest BCUT2D eigenvalue weighted by molar-refractivity contribution is -0.114. The van der Waals surface area contributed by atoms with Gasteiger partial charge < -0.3 is 20.7 Å². The smallest absolute Gasteiger partial charge is 0.272 e. The fourth-order valence-corrected chi connectivity index (χ4v) is 6.05. The molecule has 47 heavy (non-hydrogen) atoms. The molecule has 0 aliphatic rings. The van der Waals surface area contributed by atoms with Crippen molar-refractivity contribution in [3.63, 3.8) is 0 Å². The van der Waals surface area contributed by atoms with E-state index in [1.54, 1.807) is 54.6 Å². The van der Waals surface area contributed by atoms with Crippen molar-refractivity contribution in [3.8, 4) is 17.0 Å². The first-order valence-corrected chi connectivity index (χ1v) is 16.8. The number of nitrogens with one attached hydrogen (secondary N) is 3. The minimum absolute atomic E-state index is 0.0843. The van der Waals surface area contributed by atoms with Gasteiger partial charge in [0, 0.05) is 26.6 Å². The highest BCUT2D eigenvalue weighted by molar-refractivity contribution is 8.00. The minimum Gasteiger partial charge on any atom is -0.494 e. The molecule has 238 valence electrons. The lowest BCUT2D eigenvalue weighted by atomic mass is 10.1. The van der Waals surface area contributed by atoms with E-state index in [1.165, 1.54) is 28.7 Å². The van der Waals surface area contributed by atoms with Crippen LogP contribution in [0.25, 0.3) is 17.3 Å². The van der Waals surface area contributed by atoms with Crippen LogP contribution in [0.15, 0.2) is 114 Å². The molecule has 0 saturated carbocycles. The van der Waals surface area contributed by atoms with Crippen LogP contribution >= 0.6 is 23.1 Å². The Kier molecular flexibility index (Phi) is 11.2. The van der Waals surface area contributed by atoms with Crippen molar-refractivity contribution >= 4 is 57.7 Å². The highest BCUT2D eigenvalue weighted by Gasteiger charge is 2.16. The van der Waals surface area contributed by atoms with Crippen molar-refractivity contribution in [3.05, 3.63) is 130 Å². The molecule has 0 spiro atoms. The molecule has 0 aliphatic carbocycles. The van der Waals surface area contributed by atoms with Crippen LogP contribution in [0.4, 0.5) is 10.8 Å². The zero-order valence-electron chi connectivity index (χ0n) is 26.2. The normalized spacial score (nSPS) is 11.1. The molecule has 0 radical (unpaired) electrons. The molecule has 10 heteroatoms. The molecular weight excluding hydrogens is 629 g/mol. The maximum absolute atomic E-state index is 13.4. The van der Waals surface area contributed by atoms with Gasteiger partial charge in [-0.05, 0) is 80.9 Å². The van der Waals surface area contributed by atoms with Gasteiger partial charge in [0.05, 0.1) is 18.1 Å². The van der Waals surface area contributed by atoms with Gasteiger partial charge >= 0.3 is 0 Å². The van der Waals surface area contributed by atoms with Crippen molar-refractivity contribution in [1.82, 2.24) is 10.3 Å². The van der Waals surface area contributed by atoms with Gasteiger partial charge in [-0.1, -0.05) is 60.2 Å². The molecule has 3 amide bonds. The first-order valence-electron chi connectivity index (χ1n) is 15.0. The molecule has 0 saturated heterocycles. The number of rotatable bonds is 12. The Labute approximate surface area is 282 Å². The average molecular weight is 663 g/mol. The standard InChI is InChI=1S/C37H34N4O4S2/c1-4-45-30-18-12-26(13-19-30)22-32(39-35(43)28-8-6-5-7-9-28)36(44)38-29-16-20-31(21-17-29)46-23-33(42)40-37-41-34(25(3)47-37)27-14-10-24(2)11-15-27/h5-22H,4,23H2,1-3H3,(H,38,44)(H,39,43)(H,40,41,42)/b32-22-. The summed E-state index contributed by atoms with van der Waals surface area (Å²) in [5.41, 5.74) is 4.84. The molecule has 3 N–H and O–H groups in total. The van der Waals surface area contributed by atoms with Gasteiger partial charge in [-0.15, -0.1) is 23.1 Å². The van der Waals surface area contributed by atoms with Gasteiger partial charge in [0.1, 0.15) is 11.4 Å². The Hall–Kier alpha value is -5.19. The summed E-state index contributed by atoms with van der Waals surface area (Å²) in [6.45, 7) is 6.49. The lowest BCUT2D eigenvalue weighted by Gasteiger charge is -2.12. The van der Waals surface area contributed by atoms with Crippen LogP contribution in [0, 0.1) is 13.8 Å². The van der Waals surface area contributed by atoms with Crippen LogP contribution < -0.4 is 20.7 Å². The second-order valence-corrected chi connectivity index (χ2v) is 12.7. The van der Waals surface area contributed by atoms with E-state index in [0.29, 0.717) is 28.7 Å². The molecule has 5 aromatic rings. The third-order valence-electron chi connectivity index (χ3n) is 6.88. The molecule has 0 fully saturated rings. The van der Waals surface area contributed by atoms with Gasteiger partial charge in [0.15, 0.2) is 5.13 Å². The highest BCUT2D eigenvalue weighted by Crippen LogP contribution is 2.31. The van der Waals surface area contributed by atoms with E-state index in [1.807, 2.05) is 75.4 Å². The summed E-state index contributed by atoms with van der Waals surface area (Å²) in [6, 6.07) is 31.3.